The SMILES string of the molecule is CCOC(C)CCN1C(=O)CC(C)=C(C#N)C1=O. The number of ether oxygens (including phenoxy) is 1. The molecule has 1 heterocycles. The molecule has 0 aliphatic carbocycles. The van der Waals surface area contributed by atoms with Crippen molar-refractivity contribution in [1.82, 2.24) is 4.90 Å². The fourth-order valence-electron chi connectivity index (χ4n) is 1.89. The van der Waals surface area contributed by atoms with Gasteiger partial charge in [0.2, 0.25) is 5.91 Å². The zero-order valence-corrected chi connectivity index (χ0v) is 11.0. The van der Waals surface area contributed by atoms with Crippen LogP contribution in [0.25, 0.3) is 0 Å². The molecular weight excluding hydrogens is 232 g/mol. The molecule has 0 aromatic carbocycles. The van der Waals surface area contributed by atoms with Crippen molar-refractivity contribution in [3.8, 4) is 6.07 Å². The summed E-state index contributed by atoms with van der Waals surface area (Å²) in [6.45, 7) is 6.35. The van der Waals surface area contributed by atoms with Gasteiger partial charge in [0.15, 0.2) is 0 Å². The van der Waals surface area contributed by atoms with E-state index in [1.54, 1.807) is 6.92 Å². The van der Waals surface area contributed by atoms with E-state index >= 15 is 0 Å². The van der Waals surface area contributed by atoms with Gasteiger partial charge in [-0.2, -0.15) is 5.26 Å². The molecule has 0 spiro atoms. The molecule has 1 aliphatic rings. The molecule has 1 unspecified atom stereocenters. The molecule has 0 bridgehead atoms. The lowest BCUT2D eigenvalue weighted by Gasteiger charge is -2.26. The van der Waals surface area contributed by atoms with Crippen molar-refractivity contribution in [3.63, 3.8) is 0 Å². The number of amides is 2. The zero-order valence-electron chi connectivity index (χ0n) is 11.0. The number of carbonyl (C=O) groups excluding carboxylic acids is 2. The summed E-state index contributed by atoms with van der Waals surface area (Å²) in [6.07, 6.45) is 0.730. The van der Waals surface area contributed by atoms with Crippen LogP contribution in [-0.2, 0) is 14.3 Å². The highest BCUT2D eigenvalue weighted by molar-refractivity contribution is 6.10. The van der Waals surface area contributed by atoms with Gasteiger partial charge in [0.05, 0.1) is 6.10 Å². The van der Waals surface area contributed by atoms with Crippen molar-refractivity contribution < 1.29 is 14.3 Å². The smallest absolute Gasteiger partial charge is 0.271 e. The van der Waals surface area contributed by atoms with Crippen LogP contribution in [0.1, 0.15) is 33.6 Å². The van der Waals surface area contributed by atoms with Crippen LogP contribution in [0, 0.1) is 11.3 Å². The van der Waals surface area contributed by atoms with E-state index in [0.29, 0.717) is 25.1 Å². The second-order valence-electron chi connectivity index (χ2n) is 4.35. The molecule has 98 valence electrons. The van der Waals surface area contributed by atoms with E-state index < -0.39 is 5.91 Å². The van der Waals surface area contributed by atoms with Crippen LogP contribution >= 0.6 is 0 Å². The van der Waals surface area contributed by atoms with Gasteiger partial charge in [-0.25, -0.2) is 0 Å². The highest BCUT2D eigenvalue weighted by atomic mass is 16.5. The van der Waals surface area contributed by atoms with E-state index in [1.165, 1.54) is 0 Å². The van der Waals surface area contributed by atoms with Gasteiger partial charge in [0.25, 0.3) is 5.91 Å². The van der Waals surface area contributed by atoms with Crippen molar-refractivity contribution in [2.24, 2.45) is 0 Å². The highest BCUT2D eigenvalue weighted by Crippen LogP contribution is 2.20. The summed E-state index contributed by atoms with van der Waals surface area (Å²) in [5, 5.41) is 8.91. The van der Waals surface area contributed by atoms with Crippen molar-refractivity contribution in [1.29, 1.82) is 5.26 Å². The lowest BCUT2D eigenvalue weighted by atomic mass is 10.0. The maximum atomic E-state index is 11.9. The molecule has 1 rings (SSSR count). The van der Waals surface area contributed by atoms with E-state index in [2.05, 4.69) is 0 Å². The first-order valence-corrected chi connectivity index (χ1v) is 6.07. The Labute approximate surface area is 107 Å². The minimum Gasteiger partial charge on any atom is -0.379 e. The van der Waals surface area contributed by atoms with Crippen molar-refractivity contribution in [2.45, 2.75) is 39.7 Å². The van der Waals surface area contributed by atoms with E-state index in [0.717, 1.165) is 4.90 Å². The lowest BCUT2D eigenvalue weighted by molar-refractivity contribution is -0.143. The maximum absolute atomic E-state index is 11.9. The number of hydrogen-bond acceptors (Lipinski definition) is 4. The molecular formula is C13H18N2O3. The van der Waals surface area contributed by atoms with E-state index in [4.69, 9.17) is 10.00 Å². The van der Waals surface area contributed by atoms with Crippen LogP contribution in [-0.4, -0.2) is 36.0 Å². The zero-order chi connectivity index (χ0) is 13.7. The average molecular weight is 250 g/mol. The van der Waals surface area contributed by atoms with Crippen LogP contribution in [0.3, 0.4) is 0 Å². The molecule has 0 fully saturated rings. The van der Waals surface area contributed by atoms with Crippen molar-refractivity contribution in [2.75, 3.05) is 13.2 Å². The van der Waals surface area contributed by atoms with Crippen LogP contribution in [0.4, 0.5) is 0 Å². The summed E-state index contributed by atoms with van der Waals surface area (Å²) >= 11 is 0. The molecule has 1 atom stereocenters. The summed E-state index contributed by atoms with van der Waals surface area (Å²) in [4.78, 5) is 24.9. The molecule has 0 aromatic heterocycles. The molecule has 2 amide bonds. The van der Waals surface area contributed by atoms with Crippen LogP contribution in [0.2, 0.25) is 0 Å². The van der Waals surface area contributed by atoms with E-state index in [9.17, 15) is 9.59 Å². The minimum absolute atomic E-state index is 0.00635. The predicted octanol–water partition coefficient (Wildman–Crippen LogP) is 1.40. The standard InChI is InChI=1S/C13H18N2O3/c1-4-18-10(3)5-6-15-12(16)7-9(2)11(8-14)13(15)17/h10H,4-7H2,1-3H3. The Balaban J connectivity index is 2.70. The summed E-state index contributed by atoms with van der Waals surface area (Å²) < 4.78 is 5.35. The Morgan fingerprint density at radius 2 is 2.17 bits per heavy atom. The van der Waals surface area contributed by atoms with Gasteiger partial charge in [-0.15, -0.1) is 0 Å². The molecule has 18 heavy (non-hydrogen) atoms. The normalized spacial score (nSPS) is 18.0. The summed E-state index contributed by atoms with van der Waals surface area (Å²) in [5.41, 5.74) is 0.653. The fraction of sp³-hybridized carbons (Fsp3) is 0.615. The summed E-state index contributed by atoms with van der Waals surface area (Å²) in [6, 6.07) is 1.87. The van der Waals surface area contributed by atoms with Gasteiger partial charge >= 0.3 is 0 Å². The van der Waals surface area contributed by atoms with Crippen LogP contribution in [0.15, 0.2) is 11.1 Å². The third-order valence-electron chi connectivity index (χ3n) is 2.93. The number of imide groups is 1. The van der Waals surface area contributed by atoms with Crippen LogP contribution < -0.4 is 0 Å². The lowest BCUT2D eigenvalue weighted by Crippen LogP contribution is -2.42. The van der Waals surface area contributed by atoms with Gasteiger partial charge in [0.1, 0.15) is 11.6 Å². The number of rotatable bonds is 5. The third-order valence-corrected chi connectivity index (χ3v) is 2.93. The van der Waals surface area contributed by atoms with Gasteiger partial charge in [0, 0.05) is 19.6 Å². The average Bonchev–Trinajstić information content (AvgIpc) is 2.29. The monoisotopic (exact) mass is 250 g/mol. The Kier molecular flexibility index (Phi) is 5.05. The first kappa shape index (κ1) is 14.4. The molecule has 0 aromatic rings. The second kappa shape index (κ2) is 6.31. The Morgan fingerprint density at radius 1 is 1.50 bits per heavy atom. The summed E-state index contributed by atoms with van der Waals surface area (Å²) in [5.74, 6) is -0.713. The third kappa shape index (κ3) is 3.17. The molecule has 0 N–H and O–H groups in total. The van der Waals surface area contributed by atoms with E-state index in [-0.39, 0.29) is 24.0 Å². The largest absolute Gasteiger partial charge is 0.379 e. The Hall–Kier alpha value is -1.67. The molecule has 0 radical (unpaired) electrons. The first-order chi connectivity index (χ1) is 8.51. The number of hydrogen-bond donors (Lipinski definition) is 0. The fourth-order valence-corrected chi connectivity index (χ4v) is 1.89. The predicted molar refractivity (Wildman–Crippen MR) is 65.4 cm³/mol. The number of nitriles is 1. The minimum atomic E-state index is -0.477. The van der Waals surface area contributed by atoms with Crippen molar-refractivity contribution >= 4 is 11.8 Å². The highest BCUT2D eigenvalue weighted by Gasteiger charge is 2.31. The van der Waals surface area contributed by atoms with Crippen LogP contribution in [0.5, 0.6) is 0 Å². The van der Waals surface area contributed by atoms with Crippen molar-refractivity contribution in [3.05, 3.63) is 11.1 Å². The quantitative estimate of drug-likeness (QED) is 0.691. The molecule has 0 saturated carbocycles. The molecule has 1 aliphatic heterocycles. The molecule has 0 saturated heterocycles. The molecule has 5 nitrogen and oxygen atoms in total. The maximum Gasteiger partial charge on any atom is 0.271 e. The van der Waals surface area contributed by atoms with E-state index in [1.807, 2.05) is 19.9 Å². The van der Waals surface area contributed by atoms with Gasteiger partial charge in [-0.05, 0) is 32.8 Å². The second-order valence-corrected chi connectivity index (χ2v) is 4.35. The number of nitrogens with zero attached hydrogens (tertiary/aromatic N) is 2. The summed E-state index contributed by atoms with van der Waals surface area (Å²) in [7, 11) is 0. The first-order valence-electron chi connectivity index (χ1n) is 6.07. The van der Waals surface area contributed by atoms with Gasteiger partial charge < -0.3 is 4.74 Å². The number of carbonyl (C=O) groups is 2. The topological polar surface area (TPSA) is 70.4 Å². The molecule has 5 heteroatoms. The Morgan fingerprint density at radius 3 is 2.72 bits per heavy atom. The van der Waals surface area contributed by atoms with Gasteiger partial charge in [-0.3, -0.25) is 14.5 Å². The Bertz CT molecular complexity index is 420. The van der Waals surface area contributed by atoms with Gasteiger partial charge in [-0.1, -0.05) is 0 Å².